The van der Waals surface area contributed by atoms with Crippen molar-refractivity contribution >= 4 is 23.1 Å². The van der Waals surface area contributed by atoms with E-state index in [-0.39, 0.29) is 6.10 Å². The minimum Gasteiger partial charge on any atom is -0.388 e. The molecule has 1 heterocycles. The second-order valence-electron chi connectivity index (χ2n) is 3.30. The lowest BCUT2D eigenvalue weighted by Gasteiger charge is -2.07. The van der Waals surface area contributed by atoms with Gasteiger partial charge in [0.15, 0.2) is 4.34 Å². The summed E-state index contributed by atoms with van der Waals surface area (Å²) >= 11 is 3.11. The summed E-state index contributed by atoms with van der Waals surface area (Å²) in [5, 5.41) is 17.4. The molecule has 0 aliphatic rings. The molecule has 0 radical (unpaired) electrons. The van der Waals surface area contributed by atoms with E-state index < -0.39 is 0 Å². The van der Waals surface area contributed by atoms with Crippen LogP contribution in [0, 0.1) is 0 Å². The summed E-state index contributed by atoms with van der Waals surface area (Å²) in [5.41, 5.74) is 2.68. The van der Waals surface area contributed by atoms with Crippen molar-refractivity contribution in [2.24, 2.45) is 0 Å². The Morgan fingerprint density at radius 1 is 1.38 bits per heavy atom. The zero-order valence-corrected chi connectivity index (χ0v) is 10.5. The number of benzene rings is 1. The van der Waals surface area contributed by atoms with E-state index in [9.17, 15) is 5.11 Å². The zero-order valence-electron chi connectivity index (χ0n) is 8.83. The second kappa shape index (κ2) is 5.43. The number of aliphatic hydroxyl groups is 1. The highest BCUT2D eigenvalue weighted by Crippen LogP contribution is 2.29. The number of hydrogen-bond donors (Lipinski definition) is 1. The van der Waals surface area contributed by atoms with E-state index in [2.05, 4.69) is 10.2 Å². The van der Waals surface area contributed by atoms with E-state index in [4.69, 9.17) is 0 Å². The molecule has 0 spiro atoms. The maximum atomic E-state index is 9.65. The highest BCUT2D eigenvalue weighted by Gasteiger charge is 2.05. The van der Waals surface area contributed by atoms with Gasteiger partial charge in [-0.15, -0.1) is 10.2 Å². The quantitative estimate of drug-likeness (QED) is 0.908. The third kappa shape index (κ3) is 2.81. The highest BCUT2D eigenvalue weighted by atomic mass is 32.2. The maximum absolute atomic E-state index is 9.65. The van der Waals surface area contributed by atoms with Gasteiger partial charge in [-0.2, -0.15) is 0 Å². The van der Waals surface area contributed by atoms with Gasteiger partial charge in [0.05, 0.1) is 6.10 Å². The third-order valence-corrected chi connectivity index (χ3v) is 3.98. The van der Waals surface area contributed by atoms with Gasteiger partial charge >= 0.3 is 0 Å². The first kappa shape index (κ1) is 11.6. The van der Waals surface area contributed by atoms with Gasteiger partial charge in [-0.1, -0.05) is 42.2 Å². The molecule has 0 fully saturated rings. The minimum absolute atomic E-state index is 0.361. The number of aromatic nitrogens is 2. The lowest BCUT2D eigenvalue weighted by Crippen LogP contribution is -1.93. The van der Waals surface area contributed by atoms with Crippen LogP contribution in [0.3, 0.4) is 0 Å². The topological polar surface area (TPSA) is 46.0 Å². The Morgan fingerprint density at radius 2 is 2.12 bits per heavy atom. The van der Waals surface area contributed by atoms with Gasteiger partial charge in [-0.3, -0.25) is 0 Å². The standard InChI is InChI=1S/C11H12N2OS2/c1-2-10(14)8-3-5-9(6-4-8)16-11-13-12-7-15-11/h3-7,10,14H,2H2,1H3. The molecular formula is C11H12N2OS2. The highest BCUT2D eigenvalue weighted by molar-refractivity contribution is 8.01. The summed E-state index contributed by atoms with van der Waals surface area (Å²) in [6.07, 6.45) is 0.378. The molecule has 3 nitrogen and oxygen atoms in total. The van der Waals surface area contributed by atoms with Crippen LogP contribution >= 0.6 is 23.1 Å². The van der Waals surface area contributed by atoms with E-state index in [1.165, 1.54) is 11.3 Å². The number of aliphatic hydroxyl groups excluding tert-OH is 1. The molecular weight excluding hydrogens is 240 g/mol. The zero-order chi connectivity index (χ0) is 11.4. The molecule has 1 atom stereocenters. The molecule has 1 aromatic heterocycles. The Labute approximate surface area is 103 Å². The van der Waals surface area contributed by atoms with Crippen molar-refractivity contribution in [2.45, 2.75) is 28.7 Å². The molecule has 1 unspecified atom stereocenters. The molecule has 0 aliphatic carbocycles. The van der Waals surface area contributed by atoms with Gasteiger partial charge in [-0.25, -0.2) is 0 Å². The summed E-state index contributed by atoms with van der Waals surface area (Å²) < 4.78 is 0.934. The molecule has 84 valence electrons. The summed E-state index contributed by atoms with van der Waals surface area (Å²) in [6.45, 7) is 1.97. The molecule has 0 amide bonds. The van der Waals surface area contributed by atoms with Crippen molar-refractivity contribution in [1.29, 1.82) is 0 Å². The van der Waals surface area contributed by atoms with E-state index in [0.29, 0.717) is 0 Å². The van der Waals surface area contributed by atoms with Crippen LogP contribution in [0.2, 0.25) is 0 Å². The van der Waals surface area contributed by atoms with Gasteiger partial charge in [0.1, 0.15) is 5.51 Å². The van der Waals surface area contributed by atoms with Crippen LogP contribution in [0.4, 0.5) is 0 Å². The van der Waals surface area contributed by atoms with Crippen LogP contribution in [0.25, 0.3) is 0 Å². The summed E-state index contributed by atoms with van der Waals surface area (Å²) in [7, 11) is 0. The van der Waals surface area contributed by atoms with Crippen LogP contribution in [0.1, 0.15) is 25.0 Å². The SMILES string of the molecule is CCC(O)c1ccc(Sc2nncs2)cc1. The second-order valence-corrected chi connectivity index (χ2v) is 5.45. The largest absolute Gasteiger partial charge is 0.388 e. The van der Waals surface area contributed by atoms with Crippen LogP contribution in [-0.2, 0) is 0 Å². The summed E-state index contributed by atoms with van der Waals surface area (Å²) in [4.78, 5) is 1.11. The minimum atomic E-state index is -0.361. The first-order valence-corrected chi connectivity index (χ1v) is 6.71. The monoisotopic (exact) mass is 252 g/mol. The fourth-order valence-electron chi connectivity index (χ4n) is 1.30. The van der Waals surface area contributed by atoms with E-state index in [1.807, 2.05) is 31.2 Å². The van der Waals surface area contributed by atoms with Gasteiger partial charge in [-0.05, 0) is 24.1 Å². The normalized spacial score (nSPS) is 12.6. The Morgan fingerprint density at radius 3 is 2.69 bits per heavy atom. The average molecular weight is 252 g/mol. The smallest absolute Gasteiger partial charge is 0.178 e. The van der Waals surface area contributed by atoms with E-state index in [0.717, 1.165) is 21.2 Å². The van der Waals surface area contributed by atoms with Crippen LogP contribution in [0.5, 0.6) is 0 Å². The van der Waals surface area contributed by atoms with E-state index >= 15 is 0 Å². The molecule has 0 aliphatic heterocycles. The Balaban J connectivity index is 2.07. The molecule has 0 saturated carbocycles. The number of rotatable bonds is 4. The molecule has 16 heavy (non-hydrogen) atoms. The van der Waals surface area contributed by atoms with Crippen molar-refractivity contribution in [3.63, 3.8) is 0 Å². The fourth-order valence-corrected chi connectivity index (χ4v) is 2.75. The molecule has 2 aromatic rings. The van der Waals surface area contributed by atoms with Crippen LogP contribution in [-0.4, -0.2) is 15.3 Å². The van der Waals surface area contributed by atoms with Crippen molar-refractivity contribution in [3.05, 3.63) is 35.3 Å². The average Bonchev–Trinajstić information content (AvgIpc) is 2.82. The van der Waals surface area contributed by atoms with E-state index in [1.54, 1.807) is 17.3 Å². The Bertz CT molecular complexity index is 428. The molecule has 1 N–H and O–H groups in total. The predicted octanol–water partition coefficient (Wildman–Crippen LogP) is 3.13. The van der Waals surface area contributed by atoms with Crippen molar-refractivity contribution < 1.29 is 5.11 Å². The number of hydrogen-bond acceptors (Lipinski definition) is 5. The molecule has 2 rings (SSSR count). The predicted molar refractivity (Wildman–Crippen MR) is 65.7 cm³/mol. The maximum Gasteiger partial charge on any atom is 0.178 e. The van der Waals surface area contributed by atoms with Crippen molar-refractivity contribution in [2.75, 3.05) is 0 Å². The first-order chi connectivity index (χ1) is 7.79. The van der Waals surface area contributed by atoms with Crippen LogP contribution < -0.4 is 0 Å². The lowest BCUT2D eigenvalue weighted by molar-refractivity contribution is 0.173. The Hall–Kier alpha value is -0.910. The number of nitrogens with zero attached hydrogens (tertiary/aromatic N) is 2. The van der Waals surface area contributed by atoms with Crippen molar-refractivity contribution in [1.82, 2.24) is 10.2 Å². The molecule has 5 heteroatoms. The third-order valence-electron chi connectivity index (χ3n) is 2.20. The molecule has 1 aromatic carbocycles. The summed E-state index contributed by atoms with van der Waals surface area (Å²) in [5.74, 6) is 0. The molecule has 0 bridgehead atoms. The molecule has 0 saturated heterocycles. The van der Waals surface area contributed by atoms with Gasteiger partial charge in [0.25, 0.3) is 0 Å². The van der Waals surface area contributed by atoms with Crippen molar-refractivity contribution in [3.8, 4) is 0 Å². The van der Waals surface area contributed by atoms with Gasteiger partial charge in [0, 0.05) is 4.90 Å². The summed E-state index contributed by atoms with van der Waals surface area (Å²) in [6, 6.07) is 7.91. The Kier molecular flexibility index (Phi) is 3.93. The van der Waals surface area contributed by atoms with Gasteiger partial charge in [0.2, 0.25) is 0 Å². The lowest BCUT2D eigenvalue weighted by atomic mass is 10.1. The first-order valence-electron chi connectivity index (χ1n) is 5.01. The van der Waals surface area contributed by atoms with Gasteiger partial charge < -0.3 is 5.11 Å². The fraction of sp³-hybridized carbons (Fsp3) is 0.273. The van der Waals surface area contributed by atoms with Crippen LogP contribution in [0.15, 0.2) is 39.0 Å².